The predicted molar refractivity (Wildman–Crippen MR) is 88.7 cm³/mol. The van der Waals surface area contributed by atoms with Crippen molar-refractivity contribution in [3.05, 3.63) is 53.5 Å². The number of rotatable bonds is 6. The van der Waals surface area contributed by atoms with Crippen LogP contribution in [0.15, 0.2) is 41.0 Å². The van der Waals surface area contributed by atoms with Crippen LogP contribution in [0.1, 0.15) is 28.1 Å². The molecule has 0 unspecified atom stereocenters. The highest BCUT2D eigenvalue weighted by Crippen LogP contribution is 2.24. The third kappa shape index (κ3) is 3.65. The third-order valence-electron chi connectivity index (χ3n) is 4.03. The van der Waals surface area contributed by atoms with Crippen molar-refractivity contribution in [3.8, 4) is 0 Å². The fraction of sp³-hybridized carbons (Fsp3) is 0.333. The van der Waals surface area contributed by atoms with Gasteiger partial charge in [0.15, 0.2) is 0 Å². The Morgan fingerprint density at radius 3 is 2.96 bits per heavy atom. The number of anilines is 1. The van der Waals surface area contributed by atoms with E-state index in [1.54, 1.807) is 36.5 Å². The maximum Gasteiger partial charge on any atom is 0.254 e. The zero-order valence-electron chi connectivity index (χ0n) is 13.6. The molecular weight excluding hydrogens is 308 g/mol. The number of methoxy groups -OCH3 is 1. The lowest BCUT2D eigenvalue weighted by Gasteiger charge is -2.23. The first-order chi connectivity index (χ1) is 11.7. The molecule has 1 N–H and O–H groups in total. The van der Waals surface area contributed by atoms with Crippen molar-refractivity contribution in [3.63, 3.8) is 0 Å². The SMILES string of the molecule is COCCN(Cc1ccco1)C(=O)c1ccc2c(c1)CCC(=O)N2. The van der Waals surface area contributed by atoms with Gasteiger partial charge in [-0.25, -0.2) is 0 Å². The highest BCUT2D eigenvalue weighted by molar-refractivity contribution is 5.97. The van der Waals surface area contributed by atoms with Gasteiger partial charge in [-0.3, -0.25) is 9.59 Å². The van der Waals surface area contributed by atoms with Crippen molar-refractivity contribution in [2.45, 2.75) is 19.4 Å². The molecule has 0 bridgehead atoms. The molecule has 6 nitrogen and oxygen atoms in total. The number of hydrogen-bond donors (Lipinski definition) is 1. The lowest BCUT2D eigenvalue weighted by molar-refractivity contribution is -0.116. The first-order valence-corrected chi connectivity index (χ1v) is 7.91. The summed E-state index contributed by atoms with van der Waals surface area (Å²) in [6, 6.07) is 9.04. The normalized spacial score (nSPS) is 13.3. The van der Waals surface area contributed by atoms with Gasteiger partial charge in [0, 0.05) is 31.3 Å². The van der Waals surface area contributed by atoms with Crippen LogP contribution >= 0.6 is 0 Å². The molecule has 1 aliphatic heterocycles. The molecule has 1 aliphatic rings. The molecule has 0 atom stereocenters. The van der Waals surface area contributed by atoms with Crippen LogP contribution in [0.5, 0.6) is 0 Å². The lowest BCUT2D eigenvalue weighted by Crippen LogP contribution is -2.33. The number of fused-ring (bicyclic) bond motifs is 1. The summed E-state index contributed by atoms with van der Waals surface area (Å²) >= 11 is 0. The quantitative estimate of drug-likeness (QED) is 0.884. The van der Waals surface area contributed by atoms with E-state index in [1.807, 2.05) is 12.1 Å². The smallest absolute Gasteiger partial charge is 0.254 e. The number of aryl methyl sites for hydroxylation is 1. The van der Waals surface area contributed by atoms with E-state index < -0.39 is 0 Å². The number of benzene rings is 1. The van der Waals surface area contributed by atoms with E-state index in [-0.39, 0.29) is 11.8 Å². The van der Waals surface area contributed by atoms with Crippen molar-refractivity contribution in [2.24, 2.45) is 0 Å². The van der Waals surface area contributed by atoms with Gasteiger partial charge in [-0.1, -0.05) is 0 Å². The molecule has 2 aromatic rings. The summed E-state index contributed by atoms with van der Waals surface area (Å²) in [6.07, 6.45) is 2.69. The van der Waals surface area contributed by atoms with Crippen LogP contribution < -0.4 is 5.32 Å². The predicted octanol–water partition coefficient (Wildman–Crippen LogP) is 2.45. The highest BCUT2D eigenvalue weighted by Gasteiger charge is 2.20. The molecule has 0 saturated carbocycles. The lowest BCUT2D eigenvalue weighted by atomic mass is 10.00. The van der Waals surface area contributed by atoms with Crippen LogP contribution in [0, 0.1) is 0 Å². The zero-order chi connectivity index (χ0) is 16.9. The first kappa shape index (κ1) is 16.3. The molecule has 3 rings (SSSR count). The molecule has 2 amide bonds. The van der Waals surface area contributed by atoms with Crippen LogP contribution in [-0.4, -0.2) is 37.0 Å². The van der Waals surface area contributed by atoms with Gasteiger partial charge in [-0.05, 0) is 42.3 Å². The van der Waals surface area contributed by atoms with Crippen molar-refractivity contribution in [1.29, 1.82) is 0 Å². The van der Waals surface area contributed by atoms with Crippen molar-refractivity contribution < 1.29 is 18.7 Å². The standard InChI is InChI=1S/C18H20N2O4/c1-23-10-8-20(12-15-3-2-9-24-15)18(22)14-4-6-16-13(11-14)5-7-17(21)19-16/h2-4,6,9,11H,5,7-8,10,12H2,1H3,(H,19,21). The van der Waals surface area contributed by atoms with E-state index in [0.29, 0.717) is 38.1 Å². The number of nitrogens with zero attached hydrogens (tertiary/aromatic N) is 1. The Kier molecular flexibility index (Phi) is 4.96. The maximum absolute atomic E-state index is 12.9. The number of hydrogen-bond acceptors (Lipinski definition) is 4. The largest absolute Gasteiger partial charge is 0.467 e. The molecule has 0 fully saturated rings. The molecule has 1 aromatic carbocycles. The van der Waals surface area contributed by atoms with Gasteiger partial charge in [0.05, 0.1) is 19.4 Å². The Balaban J connectivity index is 1.79. The minimum Gasteiger partial charge on any atom is -0.467 e. The second kappa shape index (κ2) is 7.31. The Morgan fingerprint density at radius 1 is 1.33 bits per heavy atom. The Bertz CT molecular complexity index is 725. The summed E-state index contributed by atoms with van der Waals surface area (Å²) in [6.45, 7) is 1.32. The highest BCUT2D eigenvalue weighted by atomic mass is 16.5. The summed E-state index contributed by atoms with van der Waals surface area (Å²) in [4.78, 5) is 26.0. The monoisotopic (exact) mass is 328 g/mol. The van der Waals surface area contributed by atoms with Gasteiger partial charge in [-0.2, -0.15) is 0 Å². The summed E-state index contributed by atoms with van der Waals surface area (Å²) in [5, 5.41) is 2.83. The number of carbonyl (C=O) groups is 2. The Labute approximate surface area is 140 Å². The van der Waals surface area contributed by atoms with Crippen molar-refractivity contribution >= 4 is 17.5 Å². The van der Waals surface area contributed by atoms with E-state index in [2.05, 4.69) is 5.32 Å². The molecule has 1 aromatic heterocycles. The average molecular weight is 328 g/mol. The molecule has 0 aliphatic carbocycles. The molecule has 24 heavy (non-hydrogen) atoms. The van der Waals surface area contributed by atoms with Gasteiger partial charge in [-0.15, -0.1) is 0 Å². The fourth-order valence-electron chi connectivity index (χ4n) is 2.74. The molecule has 6 heteroatoms. The third-order valence-corrected chi connectivity index (χ3v) is 4.03. The van der Waals surface area contributed by atoms with Gasteiger partial charge in [0.1, 0.15) is 5.76 Å². The number of ether oxygens (including phenoxy) is 1. The summed E-state index contributed by atoms with van der Waals surface area (Å²) in [5.74, 6) is 0.661. The summed E-state index contributed by atoms with van der Waals surface area (Å²) < 4.78 is 10.5. The number of carbonyl (C=O) groups excluding carboxylic acids is 2. The van der Waals surface area contributed by atoms with Gasteiger partial charge in [0.25, 0.3) is 5.91 Å². The second-order valence-electron chi connectivity index (χ2n) is 5.72. The van der Waals surface area contributed by atoms with E-state index in [9.17, 15) is 9.59 Å². The zero-order valence-corrected chi connectivity index (χ0v) is 13.6. The molecule has 126 valence electrons. The average Bonchev–Trinajstić information content (AvgIpc) is 3.10. The van der Waals surface area contributed by atoms with Gasteiger partial charge in [0.2, 0.25) is 5.91 Å². The molecule has 0 saturated heterocycles. The van der Waals surface area contributed by atoms with Crippen LogP contribution in [0.25, 0.3) is 0 Å². The van der Waals surface area contributed by atoms with Crippen LogP contribution in [0.2, 0.25) is 0 Å². The van der Waals surface area contributed by atoms with Gasteiger partial charge < -0.3 is 19.4 Å². The minimum atomic E-state index is -0.0804. The second-order valence-corrected chi connectivity index (χ2v) is 5.72. The molecular formula is C18H20N2O4. The molecule has 0 radical (unpaired) electrons. The summed E-state index contributed by atoms with van der Waals surface area (Å²) in [5.41, 5.74) is 2.38. The molecule has 2 heterocycles. The van der Waals surface area contributed by atoms with Crippen LogP contribution in [0.3, 0.4) is 0 Å². The number of nitrogens with one attached hydrogen (secondary N) is 1. The Morgan fingerprint density at radius 2 is 2.21 bits per heavy atom. The number of furan rings is 1. The molecule has 0 spiro atoms. The van der Waals surface area contributed by atoms with Crippen molar-refractivity contribution in [1.82, 2.24) is 4.90 Å². The number of amides is 2. The minimum absolute atomic E-state index is 0.0149. The van der Waals surface area contributed by atoms with E-state index in [0.717, 1.165) is 17.0 Å². The first-order valence-electron chi connectivity index (χ1n) is 7.91. The maximum atomic E-state index is 12.9. The van der Waals surface area contributed by atoms with Crippen molar-refractivity contribution in [2.75, 3.05) is 25.6 Å². The van der Waals surface area contributed by atoms with E-state index >= 15 is 0 Å². The summed E-state index contributed by atoms with van der Waals surface area (Å²) in [7, 11) is 1.61. The van der Waals surface area contributed by atoms with E-state index in [1.165, 1.54) is 0 Å². The topological polar surface area (TPSA) is 71.8 Å². The fourth-order valence-corrected chi connectivity index (χ4v) is 2.74. The van der Waals surface area contributed by atoms with Crippen LogP contribution in [0.4, 0.5) is 5.69 Å². The van der Waals surface area contributed by atoms with Crippen LogP contribution in [-0.2, 0) is 22.5 Å². The Hall–Kier alpha value is -2.60. The van der Waals surface area contributed by atoms with Gasteiger partial charge >= 0.3 is 0 Å². The van der Waals surface area contributed by atoms with E-state index in [4.69, 9.17) is 9.15 Å².